The normalized spacial score (nSPS) is 20.9. The van der Waals surface area contributed by atoms with Gasteiger partial charge in [-0.15, -0.1) is 0 Å². The second kappa shape index (κ2) is 5.59. The number of nitrogens with one attached hydrogen (secondary N) is 1. The summed E-state index contributed by atoms with van der Waals surface area (Å²) in [5, 5.41) is 11.1. The lowest BCUT2D eigenvalue weighted by Crippen LogP contribution is -2.15. The van der Waals surface area contributed by atoms with Crippen LogP contribution in [0.15, 0.2) is 12.4 Å². The molecule has 1 saturated heterocycles. The van der Waals surface area contributed by atoms with Crippen molar-refractivity contribution in [2.24, 2.45) is 0 Å². The number of sulfone groups is 1. The van der Waals surface area contributed by atoms with E-state index >= 15 is 0 Å². The molecule has 1 N–H and O–H groups in total. The second-order valence-electron chi connectivity index (χ2n) is 5.54. The molecule has 1 aliphatic heterocycles. The number of H-pyrrole nitrogens is 1. The smallest absolute Gasteiger partial charge is 0.152 e. The van der Waals surface area contributed by atoms with Crippen LogP contribution in [-0.2, 0) is 22.7 Å². The Morgan fingerprint density at radius 1 is 1.43 bits per heavy atom. The molecule has 0 aliphatic carbocycles. The summed E-state index contributed by atoms with van der Waals surface area (Å²) in [5.41, 5.74) is 1.17. The summed E-state index contributed by atoms with van der Waals surface area (Å²) in [6, 6.07) is -0.0554. The number of rotatable bonds is 5. The van der Waals surface area contributed by atoms with Gasteiger partial charge in [0, 0.05) is 12.6 Å². The van der Waals surface area contributed by atoms with Gasteiger partial charge >= 0.3 is 0 Å². The maximum absolute atomic E-state index is 11.6. The van der Waals surface area contributed by atoms with Gasteiger partial charge in [-0.05, 0) is 31.7 Å². The topological polar surface area (TPSA) is 93.5 Å². The number of nitrogens with zero attached hydrogens (tertiary/aromatic N) is 4. The van der Waals surface area contributed by atoms with E-state index < -0.39 is 9.84 Å². The number of aryl methyl sites for hydroxylation is 3. The molecule has 0 spiro atoms. The molecule has 0 bridgehead atoms. The molecule has 21 heavy (non-hydrogen) atoms. The molecule has 3 heterocycles. The fourth-order valence-electron chi connectivity index (χ4n) is 2.77. The SMILES string of the molecule is Cc1nc(CCCc2cn[nH]c2)n(C2CCS(=O)(=O)C2)n1. The molecule has 0 amide bonds. The zero-order valence-electron chi connectivity index (χ0n) is 12.0. The monoisotopic (exact) mass is 309 g/mol. The molecule has 0 aromatic carbocycles. The van der Waals surface area contributed by atoms with E-state index in [9.17, 15) is 8.42 Å². The van der Waals surface area contributed by atoms with E-state index in [1.54, 1.807) is 0 Å². The Morgan fingerprint density at radius 2 is 2.29 bits per heavy atom. The Hall–Kier alpha value is -1.70. The van der Waals surface area contributed by atoms with Crippen LogP contribution in [0.3, 0.4) is 0 Å². The van der Waals surface area contributed by atoms with Crippen molar-refractivity contribution in [1.82, 2.24) is 25.0 Å². The first kappa shape index (κ1) is 14.2. The number of hydrogen-bond acceptors (Lipinski definition) is 5. The van der Waals surface area contributed by atoms with Gasteiger partial charge in [0.05, 0.1) is 23.7 Å². The minimum atomic E-state index is -2.91. The van der Waals surface area contributed by atoms with Gasteiger partial charge in [0.15, 0.2) is 9.84 Å². The van der Waals surface area contributed by atoms with Crippen LogP contribution in [0.5, 0.6) is 0 Å². The summed E-state index contributed by atoms with van der Waals surface area (Å²) < 4.78 is 25.1. The average molecular weight is 309 g/mol. The molecular weight excluding hydrogens is 290 g/mol. The Bertz CT molecular complexity index is 705. The lowest BCUT2D eigenvalue weighted by Gasteiger charge is -2.11. The summed E-state index contributed by atoms with van der Waals surface area (Å²) in [6.07, 6.45) is 7.00. The first-order valence-corrected chi connectivity index (χ1v) is 8.96. The molecule has 7 nitrogen and oxygen atoms in total. The maximum Gasteiger partial charge on any atom is 0.152 e. The van der Waals surface area contributed by atoms with Crippen molar-refractivity contribution < 1.29 is 8.42 Å². The Kier molecular flexibility index (Phi) is 3.79. The third kappa shape index (κ3) is 3.31. The fraction of sp³-hybridized carbons (Fsp3) is 0.615. The predicted molar refractivity (Wildman–Crippen MR) is 77.7 cm³/mol. The molecule has 1 fully saturated rings. The van der Waals surface area contributed by atoms with E-state index in [1.165, 1.54) is 5.56 Å². The summed E-state index contributed by atoms with van der Waals surface area (Å²) in [4.78, 5) is 4.46. The summed E-state index contributed by atoms with van der Waals surface area (Å²) in [5.74, 6) is 2.03. The van der Waals surface area contributed by atoms with E-state index in [1.807, 2.05) is 24.0 Å². The molecule has 2 aromatic heterocycles. The summed E-state index contributed by atoms with van der Waals surface area (Å²) >= 11 is 0. The predicted octanol–water partition coefficient (Wildman–Crippen LogP) is 0.845. The van der Waals surface area contributed by atoms with Crippen molar-refractivity contribution in [2.75, 3.05) is 11.5 Å². The van der Waals surface area contributed by atoms with Gasteiger partial charge in [-0.2, -0.15) is 10.2 Å². The van der Waals surface area contributed by atoms with Crippen LogP contribution in [0.2, 0.25) is 0 Å². The highest BCUT2D eigenvalue weighted by Crippen LogP contribution is 2.24. The molecule has 114 valence electrons. The van der Waals surface area contributed by atoms with E-state index in [-0.39, 0.29) is 17.5 Å². The summed E-state index contributed by atoms with van der Waals surface area (Å²) in [7, 11) is -2.91. The zero-order valence-corrected chi connectivity index (χ0v) is 12.8. The highest BCUT2D eigenvalue weighted by atomic mass is 32.2. The van der Waals surface area contributed by atoms with Gasteiger partial charge < -0.3 is 0 Å². The van der Waals surface area contributed by atoms with Gasteiger partial charge in [0.1, 0.15) is 11.6 Å². The average Bonchev–Trinajstić information content (AvgIpc) is 3.11. The summed E-state index contributed by atoms with van der Waals surface area (Å²) in [6.45, 7) is 1.85. The number of aromatic nitrogens is 5. The standard InChI is InChI=1S/C13H19N5O2S/c1-10-16-13(4-2-3-11-7-14-15-8-11)18(17-10)12-5-6-21(19,20)9-12/h7-8,12H,2-6,9H2,1H3,(H,14,15). The van der Waals surface area contributed by atoms with Crippen LogP contribution in [0.4, 0.5) is 0 Å². The van der Waals surface area contributed by atoms with Gasteiger partial charge in [0.25, 0.3) is 0 Å². The second-order valence-corrected chi connectivity index (χ2v) is 7.77. The quantitative estimate of drug-likeness (QED) is 0.883. The molecular formula is C13H19N5O2S. The Labute approximate surface area is 123 Å². The first-order valence-electron chi connectivity index (χ1n) is 7.13. The molecule has 0 saturated carbocycles. The van der Waals surface area contributed by atoms with Crippen molar-refractivity contribution in [2.45, 2.75) is 38.6 Å². The molecule has 3 rings (SSSR count). The highest BCUT2D eigenvalue weighted by molar-refractivity contribution is 7.91. The minimum absolute atomic E-state index is 0.0554. The van der Waals surface area contributed by atoms with Crippen molar-refractivity contribution in [3.8, 4) is 0 Å². The Balaban J connectivity index is 1.68. The number of hydrogen-bond donors (Lipinski definition) is 1. The molecule has 8 heteroatoms. The van der Waals surface area contributed by atoms with E-state index in [0.717, 1.165) is 25.1 Å². The van der Waals surface area contributed by atoms with Crippen molar-refractivity contribution in [1.29, 1.82) is 0 Å². The van der Waals surface area contributed by atoms with Crippen LogP contribution in [0.1, 0.15) is 36.1 Å². The number of aromatic amines is 1. The van der Waals surface area contributed by atoms with Gasteiger partial charge in [-0.25, -0.2) is 18.1 Å². The van der Waals surface area contributed by atoms with Gasteiger partial charge in [-0.1, -0.05) is 0 Å². The lowest BCUT2D eigenvalue weighted by molar-refractivity contribution is 0.472. The molecule has 1 unspecified atom stereocenters. The van der Waals surface area contributed by atoms with Crippen molar-refractivity contribution in [3.05, 3.63) is 29.6 Å². The lowest BCUT2D eigenvalue weighted by atomic mass is 10.1. The molecule has 1 aliphatic rings. The highest BCUT2D eigenvalue weighted by Gasteiger charge is 2.31. The largest absolute Gasteiger partial charge is 0.285 e. The minimum Gasteiger partial charge on any atom is -0.285 e. The third-order valence-electron chi connectivity index (χ3n) is 3.78. The van der Waals surface area contributed by atoms with Crippen LogP contribution < -0.4 is 0 Å². The van der Waals surface area contributed by atoms with Crippen LogP contribution in [0.25, 0.3) is 0 Å². The third-order valence-corrected chi connectivity index (χ3v) is 5.53. The molecule has 1 atom stereocenters. The molecule has 2 aromatic rings. The zero-order chi connectivity index (χ0) is 14.9. The molecule has 0 radical (unpaired) electrons. The van der Waals surface area contributed by atoms with E-state index in [4.69, 9.17) is 0 Å². The fourth-order valence-corrected chi connectivity index (χ4v) is 4.46. The van der Waals surface area contributed by atoms with E-state index in [2.05, 4.69) is 20.3 Å². The van der Waals surface area contributed by atoms with Crippen molar-refractivity contribution >= 4 is 9.84 Å². The van der Waals surface area contributed by atoms with Gasteiger partial charge in [0.2, 0.25) is 0 Å². The van der Waals surface area contributed by atoms with Crippen LogP contribution >= 0.6 is 0 Å². The van der Waals surface area contributed by atoms with Crippen molar-refractivity contribution in [3.63, 3.8) is 0 Å². The van der Waals surface area contributed by atoms with Crippen LogP contribution in [0, 0.1) is 6.92 Å². The maximum atomic E-state index is 11.6. The Morgan fingerprint density at radius 3 is 2.95 bits per heavy atom. The van der Waals surface area contributed by atoms with E-state index in [0.29, 0.717) is 12.2 Å². The first-order chi connectivity index (χ1) is 10.0. The van der Waals surface area contributed by atoms with Crippen LogP contribution in [-0.4, -0.2) is 44.9 Å². The van der Waals surface area contributed by atoms with Gasteiger partial charge in [-0.3, -0.25) is 5.10 Å².